The van der Waals surface area contributed by atoms with Gasteiger partial charge in [-0.3, -0.25) is 0 Å². The van der Waals surface area contributed by atoms with E-state index in [0.29, 0.717) is 0 Å². The Kier molecular flexibility index (Phi) is 4.42. The van der Waals surface area contributed by atoms with E-state index in [1.165, 1.54) is 19.3 Å². The van der Waals surface area contributed by atoms with Crippen molar-refractivity contribution in [2.24, 2.45) is 0 Å². The zero-order valence-electron chi connectivity index (χ0n) is 10.2. The Bertz CT molecular complexity index is 342. The van der Waals surface area contributed by atoms with Crippen LogP contribution in [0.2, 0.25) is 0 Å². The fourth-order valence-corrected chi connectivity index (χ4v) is 2.17. The maximum Gasteiger partial charge on any atom is 0.321 e. The van der Waals surface area contributed by atoms with Gasteiger partial charge in [-0.2, -0.15) is 0 Å². The van der Waals surface area contributed by atoms with Gasteiger partial charge in [0, 0.05) is 18.8 Å². The van der Waals surface area contributed by atoms with Gasteiger partial charge in [0.25, 0.3) is 0 Å². The molecule has 1 saturated heterocycles. The predicted octanol–water partition coefficient (Wildman–Crippen LogP) is 3.48. The summed E-state index contributed by atoms with van der Waals surface area (Å²) in [5.41, 5.74) is 0.875. The van der Waals surface area contributed by atoms with Crippen LogP contribution < -0.4 is 5.32 Å². The third-order valence-electron chi connectivity index (χ3n) is 3.17. The highest BCUT2D eigenvalue weighted by Crippen LogP contribution is 2.12. The SMILES string of the molecule is O=C(Nc1ccccc1)N1CCCCCCC1. The van der Waals surface area contributed by atoms with Crippen molar-refractivity contribution in [1.82, 2.24) is 4.90 Å². The topological polar surface area (TPSA) is 32.3 Å². The Morgan fingerprint density at radius 2 is 1.53 bits per heavy atom. The summed E-state index contributed by atoms with van der Waals surface area (Å²) in [6.45, 7) is 1.78. The first-order valence-corrected chi connectivity index (χ1v) is 6.47. The second-order valence-electron chi connectivity index (χ2n) is 4.55. The van der Waals surface area contributed by atoms with E-state index in [9.17, 15) is 4.79 Å². The lowest BCUT2D eigenvalue weighted by molar-refractivity contribution is 0.206. The summed E-state index contributed by atoms with van der Waals surface area (Å²) in [6, 6.07) is 9.69. The fraction of sp³-hybridized carbons (Fsp3) is 0.500. The van der Waals surface area contributed by atoms with Gasteiger partial charge < -0.3 is 10.2 Å². The molecular formula is C14H20N2O. The lowest BCUT2D eigenvalue weighted by Crippen LogP contribution is -2.37. The van der Waals surface area contributed by atoms with E-state index in [1.54, 1.807) is 0 Å². The lowest BCUT2D eigenvalue weighted by Gasteiger charge is -2.25. The highest BCUT2D eigenvalue weighted by molar-refractivity contribution is 5.89. The molecule has 1 aromatic rings. The van der Waals surface area contributed by atoms with Crippen molar-refractivity contribution in [3.05, 3.63) is 30.3 Å². The van der Waals surface area contributed by atoms with Crippen molar-refractivity contribution >= 4 is 11.7 Å². The standard InChI is InChI=1S/C14H20N2O/c17-14(15-13-9-5-4-6-10-13)16-11-7-2-1-3-8-12-16/h4-6,9-10H,1-3,7-8,11-12H2,(H,15,17). The molecule has 17 heavy (non-hydrogen) atoms. The molecule has 0 spiro atoms. The van der Waals surface area contributed by atoms with Crippen LogP contribution in [0.15, 0.2) is 30.3 Å². The Balaban J connectivity index is 1.89. The molecule has 3 heteroatoms. The number of likely N-dealkylation sites (tertiary alicyclic amines) is 1. The van der Waals surface area contributed by atoms with Crippen molar-refractivity contribution in [3.8, 4) is 0 Å². The summed E-state index contributed by atoms with van der Waals surface area (Å²) >= 11 is 0. The van der Waals surface area contributed by atoms with Gasteiger partial charge in [-0.05, 0) is 25.0 Å². The molecule has 1 N–H and O–H groups in total. The monoisotopic (exact) mass is 232 g/mol. The van der Waals surface area contributed by atoms with E-state index in [2.05, 4.69) is 5.32 Å². The Morgan fingerprint density at radius 1 is 0.941 bits per heavy atom. The molecule has 1 aromatic carbocycles. The van der Waals surface area contributed by atoms with E-state index in [-0.39, 0.29) is 6.03 Å². The minimum absolute atomic E-state index is 0.0399. The second-order valence-corrected chi connectivity index (χ2v) is 4.55. The molecule has 0 unspecified atom stereocenters. The highest BCUT2D eigenvalue weighted by atomic mass is 16.2. The number of amides is 2. The zero-order chi connectivity index (χ0) is 11.9. The van der Waals surface area contributed by atoms with Crippen LogP contribution in [0, 0.1) is 0 Å². The molecule has 0 bridgehead atoms. The predicted molar refractivity (Wildman–Crippen MR) is 70.1 cm³/mol. The maximum absolute atomic E-state index is 12.0. The van der Waals surface area contributed by atoms with Crippen LogP contribution in [0.5, 0.6) is 0 Å². The van der Waals surface area contributed by atoms with E-state index in [0.717, 1.165) is 31.6 Å². The quantitative estimate of drug-likeness (QED) is 0.789. The Labute approximate surface area is 103 Å². The van der Waals surface area contributed by atoms with Gasteiger partial charge in [0.15, 0.2) is 0 Å². The number of carbonyl (C=O) groups excluding carboxylic acids is 1. The van der Waals surface area contributed by atoms with Crippen LogP contribution in [0.3, 0.4) is 0 Å². The van der Waals surface area contributed by atoms with Gasteiger partial charge in [-0.15, -0.1) is 0 Å². The molecule has 2 amide bonds. The minimum Gasteiger partial charge on any atom is -0.325 e. The summed E-state index contributed by atoms with van der Waals surface area (Å²) in [6.07, 6.45) is 6.06. The van der Waals surface area contributed by atoms with Gasteiger partial charge in [0.1, 0.15) is 0 Å². The summed E-state index contributed by atoms with van der Waals surface area (Å²) in [7, 11) is 0. The van der Waals surface area contributed by atoms with Crippen molar-refractivity contribution in [1.29, 1.82) is 0 Å². The Hall–Kier alpha value is -1.51. The van der Waals surface area contributed by atoms with Crippen LogP contribution in [-0.4, -0.2) is 24.0 Å². The first-order valence-electron chi connectivity index (χ1n) is 6.47. The third kappa shape index (κ3) is 3.77. The molecule has 0 radical (unpaired) electrons. The number of nitrogens with zero attached hydrogens (tertiary/aromatic N) is 1. The molecule has 0 atom stereocenters. The number of anilines is 1. The zero-order valence-corrected chi connectivity index (χ0v) is 10.2. The van der Waals surface area contributed by atoms with Gasteiger partial charge in [0.2, 0.25) is 0 Å². The smallest absolute Gasteiger partial charge is 0.321 e. The van der Waals surface area contributed by atoms with Crippen molar-refractivity contribution in [2.75, 3.05) is 18.4 Å². The molecule has 0 saturated carbocycles. The number of hydrogen-bond donors (Lipinski definition) is 1. The largest absolute Gasteiger partial charge is 0.325 e. The van der Waals surface area contributed by atoms with E-state index in [4.69, 9.17) is 0 Å². The van der Waals surface area contributed by atoms with E-state index < -0.39 is 0 Å². The molecule has 2 rings (SSSR count). The summed E-state index contributed by atoms with van der Waals surface area (Å²) in [5.74, 6) is 0. The molecule has 1 aliphatic heterocycles. The maximum atomic E-state index is 12.0. The molecule has 0 aliphatic carbocycles. The van der Waals surface area contributed by atoms with Crippen LogP contribution in [-0.2, 0) is 0 Å². The molecular weight excluding hydrogens is 212 g/mol. The molecule has 0 aromatic heterocycles. The van der Waals surface area contributed by atoms with Crippen LogP contribution in [0.1, 0.15) is 32.1 Å². The normalized spacial score (nSPS) is 17.1. The summed E-state index contributed by atoms with van der Waals surface area (Å²) < 4.78 is 0. The molecule has 1 aliphatic rings. The number of hydrogen-bond acceptors (Lipinski definition) is 1. The van der Waals surface area contributed by atoms with Gasteiger partial charge in [0.05, 0.1) is 0 Å². The second kappa shape index (κ2) is 6.28. The highest BCUT2D eigenvalue weighted by Gasteiger charge is 2.14. The van der Waals surface area contributed by atoms with Crippen LogP contribution in [0.4, 0.5) is 10.5 Å². The number of para-hydroxylation sites is 1. The number of nitrogens with one attached hydrogen (secondary N) is 1. The van der Waals surface area contributed by atoms with Gasteiger partial charge >= 0.3 is 6.03 Å². The average molecular weight is 232 g/mol. The van der Waals surface area contributed by atoms with Gasteiger partial charge in [-0.25, -0.2) is 4.79 Å². The van der Waals surface area contributed by atoms with Crippen molar-refractivity contribution in [2.45, 2.75) is 32.1 Å². The number of carbonyl (C=O) groups is 1. The Morgan fingerprint density at radius 3 is 2.18 bits per heavy atom. The fourth-order valence-electron chi connectivity index (χ4n) is 2.17. The molecule has 1 heterocycles. The van der Waals surface area contributed by atoms with E-state index >= 15 is 0 Å². The van der Waals surface area contributed by atoms with Crippen LogP contribution in [0.25, 0.3) is 0 Å². The lowest BCUT2D eigenvalue weighted by atomic mass is 10.1. The molecule has 92 valence electrons. The number of benzene rings is 1. The minimum atomic E-state index is 0.0399. The third-order valence-corrected chi connectivity index (χ3v) is 3.17. The summed E-state index contributed by atoms with van der Waals surface area (Å²) in [5, 5.41) is 2.95. The average Bonchev–Trinajstić information content (AvgIpc) is 2.29. The first kappa shape index (κ1) is 12.0. The number of rotatable bonds is 1. The van der Waals surface area contributed by atoms with Crippen molar-refractivity contribution in [3.63, 3.8) is 0 Å². The molecule has 1 fully saturated rings. The first-order chi connectivity index (χ1) is 8.36. The molecule has 3 nitrogen and oxygen atoms in total. The van der Waals surface area contributed by atoms with Gasteiger partial charge in [-0.1, -0.05) is 37.5 Å². The van der Waals surface area contributed by atoms with E-state index in [1.807, 2.05) is 35.2 Å². The number of urea groups is 1. The van der Waals surface area contributed by atoms with Crippen LogP contribution >= 0.6 is 0 Å². The summed E-state index contributed by atoms with van der Waals surface area (Å²) in [4.78, 5) is 14.0. The van der Waals surface area contributed by atoms with Crippen molar-refractivity contribution < 1.29 is 4.79 Å².